The highest BCUT2D eigenvalue weighted by Crippen LogP contribution is 2.24. The maximum atomic E-state index is 12.2. The summed E-state index contributed by atoms with van der Waals surface area (Å²) >= 11 is 1.58. The van der Waals surface area contributed by atoms with Crippen molar-refractivity contribution in [2.24, 2.45) is 5.10 Å². The van der Waals surface area contributed by atoms with Crippen molar-refractivity contribution in [3.05, 3.63) is 50.5 Å². The smallest absolute Gasteiger partial charge is 0.273 e. The van der Waals surface area contributed by atoms with E-state index in [1.807, 2.05) is 23.6 Å². The summed E-state index contributed by atoms with van der Waals surface area (Å²) in [5.74, 6) is -0.153. The molecule has 6 heteroatoms. The first-order valence-corrected chi connectivity index (χ1v) is 9.02. The maximum absolute atomic E-state index is 12.2. The summed E-state index contributed by atoms with van der Waals surface area (Å²) in [5.41, 5.74) is 8.56. The molecule has 0 fully saturated rings. The summed E-state index contributed by atoms with van der Waals surface area (Å²) in [4.78, 5) is 16.6. The van der Waals surface area contributed by atoms with Crippen molar-refractivity contribution in [2.75, 3.05) is 13.1 Å². The quantitative estimate of drug-likeness (QED) is 0.558. The number of likely N-dealkylation sites (N-methyl/N-ethyl adjacent to an activating group) is 1. The van der Waals surface area contributed by atoms with Crippen LogP contribution < -0.4 is 10.7 Å². The van der Waals surface area contributed by atoms with Gasteiger partial charge in [0.2, 0.25) is 0 Å². The molecule has 0 unspecified atom stereocenters. The lowest BCUT2D eigenvalue weighted by Gasteiger charge is -2.03. The number of carbonyl (C=O) groups excluding carboxylic acids is 1. The number of hydrogen-bond acceptors (Lipinski definition) is 4. The standard InChI is InChI=1S/C18H22N4OS/c1-4-19-8-7-13-11(2)15(20-12(13)3)10-14-17(21-22-18(14)23)16-6-5-9-24-16/h5-6,9-10,19-20H,4,7-8H2,1-3H3,(H,22,23)/b14-10+. The Morgan fingerprint density at radius 3 is 2.92 bits per heavy atom. The van der Waals surface area contributed by atoms with Gasteiger partial charge in [-0.3, -0.25) is 4.79 Å². The van der Waals surface area contributed by atoms with E-state index in [1.54, 1.807) is 11.3 Å². The van der Waals surface area contributed by atoms with Crippen molar-refractivity contribution in [2.45, 2.75) is 27.2 Å². The van der Waals surface area contributed by atoms with Gasteiger partial charge in [-0.15, -0.1) is 11.3 Å². The Hall–Kier alpha value is -2.18. The fraction of sp³-hybridized carbons (Fsp3) is 0.333. The third kappa shape index (κ3) is 3.20. The van der Waals surface area contributed by atoms with Gasteiger partial charge in [-0.25, -0.2) is 5.43 Å². The number of aromatic nitrogens is 1. The third-order valence-electron chi connectivity index (χ3n) is 4.25. The number of rotatable bonds is 6. The number of H-pyrrole nitrogens is 1. The highest BCUT2D eigenvalue weighted by Gasteiger charge is 2.25. The summed E-state index contributed by atoms with van der Waals surface area (Å²) in [6.07, 6.45) is 2.89. The average Bonchev–Trinajstić information content (AvgIpc) is 3.25. The SMILES string of the molecule is CCNCCc1c(C)[nH]c(/C=C2/C(=O)NN=C2c2cccs2)c1C. The van der Waals surface area contributed by atoms with E-state index in [0.717, 1.165) is 41.5 Å². The summed E-state index contributed by atoms with van der Waals surface area (Å²) in [6.45, 7) is 8.22. The van der Waals surface area contributed by atoms with Gasteiger partial charge in [0, 0.05) is 11.4 Å². The molecule has 1 aliphatic rings. The predicted octanol–water partition coefficient (Wildman–Crippen LogP) is 2.76. The second-order valence-electron chi connectivity index (χ2n) is 5.81. The fourth-order valence-corrected chi connectivity index (χ4v) is 3.67. The summed E-state index contributed by atoms with van der Waals surface area (Å²) in [7, 11) is 0. The second kappa shape index (κ2) is 7.15. The summed E-state index contributed by atoms with van der Waals surface area (Å²) in [6, 6.07) is 3.94. The van der Waals surface area contributed by atoms with Crippen molar-refractivity contribution >= 4 is 29.0 Å². The van der Waals surface area contributed by atoms with E-state index in [9.17, 15) is 4.79 Å². The Bertz CT molecular complexity index is 799. The molecule has 3 rings (SSSR count). The number of thiophene rings is 1. The van der Waals surface area contributed by atoms with Crippen molar-refractivity contribution in [1.82, 2.24) is 15.7 Å². The lowest BCUT2D eigenvalue weighted by atomic mass is 10.0. The fourth-order valence-electron chi connectivity index (χ4n) is 2.94. The molecule has 1 aliphatic heterocycles. The molecule has 0 radical (unpaired) electrons. The molecule has 3 heterocycles. The summed E-state index contributed by atoms with van der Waals surface area (Å²) in [5, 5.41) is 9.53. The topological polar surface area (TPSA) is 69.3 Å². The van der Waals surface area contributed by atoms with Gasteiger partial charge in [0.1, 0.15) is 5.71 Å². The molecular weight excluding hydrogens is 320 g/mol. The number of amides is 1. The number of aromatic amines is 1. The first kappa shape index (κ1) is 16.7. The molecule has 0 aliphatic carbocycles. The molecule has 0 spiro atoms. The van der Waals surface area contributed by atoms with Crippen molar-refractivity contribution < 1.29 is 4.79 Å². The van der Waals surface area contributed by atoms with Gasteiger partial charge < -0.3 is 10.3 Å². The molecular formula is C18H22N4OS. The number of nitrogens with zero attached hydrogens (tertiary/aromatic N) is 1. The van der Waals surface area contributed by atoms with Gasteiger partial charge in [-0.05, 0) is 62.0 Å². The lowest BCUT2D eigenvalue weighted by Crippen LogP contribution is -2.16. The average molecular weight is 342 g/mol. The molecule has 0 atom stereocenters. The second-order valence-corrected chi connectivity index (χ2v) is 6.76. The largest absolute Gasteiger partial charge is 0.359 e. The van der Waals surface area contributed by atoms with Crippen LogP contribution in [0, 0.1) is 13.8 Å². The van der Waals surface area contributed by atoms with Crippen LogP contribution in [0.15, 0.2) is 28.2 Å². The van der Waals surface area contributed by atoms with E-state index in [4.69, 9.17) is 0 Å². The molecule has 2 aromatic heterocycles. The molecule has 24 heavy (non-hydrogen) atoms. The van der Waals surface area contributed by atoms with E-state index in [1.165, 1.54) is 11.1 Å². The zero-order chi connectivity index (χ0) is 17.1. The Morgan fingerprint density at radius 1 is 1.38 bits per heavy atom. The Labute approximate surface area is 145 Å². The minimum Gasteiger partial charge on any atom is -0.359 e. The molecule has 0 bridgehead atoms. The van der Waals surface area contributed by atoms with Crippen LogP contribution in [-0.4, -0.2) is 29.7 Å². The van der Waals surface area contributed by atoms with E-state index < -0.39 is 0 Å². The summed E-state index contributed by atoms with van der Waals surface area (Å²) < 4.78 is 0. The number of hydrazone groups is 1. The number of aryl methyl sites for hydroxylation is 1. The highest BCUT2D eigenvalue weighted by molar-refractivity contribution is 7.12. The van der Waals surface area contributed by atoms with Crippen molar-refractivity contribution in [3.8, 4) is 0 Å². The van der Waals surface area contributed by atoms with Gasteiger partial charge in [0.15, 0.2) is 0 Å². The van der Waals surface area contributed by atoms with Crippen LogP contribution in [0.5, 0.6) is 0 Å². The number of carbonyl (C=O) groups is 1. The van der Waals surface area contributed by atoms with Crippen molar-refractivity contribution in [3.63, 3.8) is 0 Å². The highest BCUT2D eigenvalue weighted by atomic mass is 32.1. The van der Waals surface area contributed by atoms with Crippen LogP contribution in [0.25, 0.3) is 6.08 Å². The zero-order valence-electron chi connectivity index (χ0n) is 14.2. The minimum atomic E-state index is -0.153. The molecule has 5 nitrogen and oxygen atoms in total. The van der Waals surface area contributed by atoms with E-state index in [2.05, 4.69) is 41.6 Å². The normalized spacial score (nSPS) is 15.9. The predicted molar refractivity (Wildman–Crippen MR) is 99.5 cm³/mol. The van der Waals surface area contributed by atoms with Crippen LogP contribution >= 0.6 is 11.3 Å². The van der Waals surface area contributed by atoms with E-state index in [0.29, 0.717) is 5.57 Å². The van der Waals surface area contributed by atoms with Crippen LogP contribution in [0.1, 0.15) is 34.3 Å². The van der Waals surface area contributed by atoms with Gasteiger partial charge in [0.05, 0.1) is 10.5 Å². The van der Waals surface area contributed by atoms with Crippen molar-refractivity contribution in [1.29, 1.82) is 0 Å². The number of nitrogens with one attached hydrogen (secondary N) is 3. The lowest BCUT2D eigenvalue weighted by molar-refractivity contribution is -0.116. The van der Waals surface area contributed by atoms with Gasteiger partial charge in [0.25, 0.3) is 5.91 Å². The molecule has 1 amide bonds. The zero-order valence-corrected chi connectivity index (χ0v) is 15.0. The number of hydrogen-bond donors (Lipinski definition) is 3. The first-order valence-electron chi connectivity index (χ1n) is 8.14. The Morgan fingerprint density at radius 2 is 2.21 bits per heavy atom. The monoisotopic (exact) mass is 342 g/mol. The first-order chi connectivity index (χ1) is 11.6. The molecule has 126 valence electrons. The van der Waals surface area contributed by atoms with Crippen LogP contribution in [0.2, 0.25) is 0 Å². The van der Waals surface area contributed by atoms with E-state index >= 15 is 0 Å². The van der Waals surface area contributed by atoms with Crippen LogP contribution in [0.4, 0.5) is 0 Å². The van der Waals surface area contributed by atoms with Gasteiger partial charge in [-0.1, -0.05) is 13.0 Å². The van der Waals surface area contributed by atoms with Gasteiger partial charge in [-0.2, -0.15) is 5.10 Å². The third-order valence-corrected chi connectivity index (χ3v) is 5.12. The van der Waals surface area contributed by atoms with E-state index in [-0.39, 0.29) is 5.91 Å². The minimum absolute atomic E-state index is 0.153. The molecule has 2 aromatic rings. The van der Waals surface area contributed by atoms with Gasteiger partial charge >= 0.3 is 0 Å². The van der Waals surface area contributed by atoms with Crippen LogP contribution in [0.3, 0.4) is 0 Å². The van der Waals surface area contributed by atoms with Crippen LogP contribution in [-0.2, 0) is 11.2 Å². The maximum Gasteiger partial charge on any atom is 0.273 e. The molecule has 0 saturated carbocycles. The molecule has 0 saturated heterocycles. The molecule has 0 aromatic carbocycles. The molecule has 3 N–H and O–H groups in total. The Kier molecular flexibility index (Phi) is 4.97. The Balaban J connectivity index is 1.91.